The first-order chi connectivity index (χ1) is 10.0. The van der Waals surface area contributed by atoms with Crippen LogP contribution < -0.4 is 11.0 Å². The summed E-state index contributed by atoms with van der Waals surface area (Å²) in [6.07, 6.45) is 0.491. The zero-order chi connectivity index (χ0) is 15.1. The van der Waals surface area contributed by atoms with Crippen molar-refractivity contribution in [1.29, 1.82) is 0 Å². The molecule has 0 saturated carbocycles. The number of hydrogen-bond donors (Lipinski definition) is 3. The fraction of sp³-hybridized carbons (Fsp3) is 0.562. The molecule has 21 heavy (non-hydrogen) atoms. The van der Waals surface area contributed by atoms with Gasteiger partial charge in [-0.15, -0.1) is 0 Å². The lowest BCUT2D eigenvalue weighted by molar-refractivity contribution is 0.0478. The van der Waals surface area contributed by atoms with Crippen molar-refractivity contribution in [3.05, 3.63) is 34.2 Å². The lowest BCUT2D eigenvalue weighted by Crippen LogP contribution is -2.33. The second-order valence-electron chi connectivity index (χ2n) is 6.13. The first-order valence-corrected chi connectivity index (χ1v) is 7.56. The van der Waals surface area contributed by atoms with Crippen LogP contribution >= 0.6 is 0 Å². The predicted octanol–water partition coefficient (Wildman–Crippen LogP) is 2.18. The van der Waals surface area contributed by atoms with Crippen molar-refractivity contribution in [3.8, 4) is 0 Å². The van der Waals surface area contributed by atoms with Gasteiger partial charge >= 0.3 is 5.69 Å². The Morgan fingerprint density at radius 2 is 1.86 bits per heavy atom. The highest BCUT2D eigenvalue weighted by atomic mass is 16.5. The van der Waals surface area contributed by atoms with E-state index < -0.39 is 0 Å². The van der Waals surface area contributed by atoms with Gasteiger partial charge in [-0.2, -0.15) is 0 Å². The van der Waals surface area contributed by atoms with Crippen LogP contribution in [0.15, 0.2) is 23.0 Å². The van der Waals surface area contributed by atoms with Crippen molar-refractivity contribution in [2.75, 3.05) is 7.05 Å². The number of aromatic amines is 2. The van der Waals surface area contributed by atoms with E-state index in [1.165, 1.54) is 5.56 Å². The van der Waals surface area contributed by atoms with Gasteiger partial charge in [-0.25, -0.2) is 4.79 Å². The molecule has 114 valence electrons. The molecule has 0 bridgehead atoms. The number of imidazole rings is 1. The van der Waals surface area contributed by atoms with Gasteiger partial charge in [0.25, 0.3) is 0 Å². The van der Waals surface area contributed by atoms with E-state index in [2.05, 4.69) is 48.2 Å². The standard InChI is InChI=1S/C16H23N3O2/c1-8-9(2)21-10(3)14(8)15(17-4)11-5-6-12-13(7-11)19-16(20)18-12/h5-10,14-15,17H,1-4H3,(H2,18,19,20). The number of benzene rings is 1. The topological polar surface area (TPSA) is 69.9 Å². The van der Waals surface area contributed by atoms with Gasteiger partial charge in [-0.1, -0.05) is 13.0 Å². The summed E-state index contributed by atoms with van der Waals surface area (Å²) in [6.45, 7) is 6.53. The van der Waals surface area contributed by atoms with Gasteiger partial charge in [0.1, 0.15) is 0 Å². The van der Waals surface area contributed by atoms with Crippen molar-refractivity contribution in [2.45, 2.75) is 39.0 Å². The van der Waals surface area contributed by atoms with E-state index in [1.54, 1.807) is 0 Å². The van der Waals surface area contributed by atoms with Crippen LogP contribution in [0, 0.1) is 11.8 Å². The zero-order valence-corrected chi connectivity index (χ0v) is 12.9. The summed E-state index contributed by atoms with van der Waals surface area (Å²) in [7, 11) is 1.98. The molecule has 0 spiro atoms. The summed E-state index contributed by atoms with van der Waals surface area (Å²) in [4.78, 5) is 17.0. The van der Waals surface area contributed by atoms with E-state index in [-0.39, 0.29) is 23.9 Å². The van der Waals surface area contributed by atoms with Gasteiger partial charge in [-0.05, 0) is 44.5 Å². The van der Waals surface area contributed by atoms with Gasteiger partial charge in [0.15, 0.2) is 0 Å². The maximum Gasteiger partial charge on any atom is 0.323 e. The van der Waals surface area contributed by atoms with Crippen LogP contribution in [-0.4, -0.2) is 29.2 Å². The Bertz CT molecular complexity index is 690. The predicted molar refractivity (Wildman–Crippen MR) is 83.4 cm³/mol. The van der Waals surface area contributed by atoms with Crippen LogP contribution in [0.4, 0.5) is 0 Å². The van der Waals surface area contributed by atoms with Crippen molar-refractivity contribution < 1.29 is 4.74 Å². The summed E-state index contributed by atoms with van der Waals surface area (Å²) >= 11 is 0. The Labute approximate surface area is 124 Å². The van der Waals surface area contributed by atoms with Crippen molar-refractivity contribution >= 4 is 11.0 Å². The Morgan fingerprint density at radius 3 is 2.48 bits per heavy atom. The Hall–Kier alpha value is -1.59. The average Bonchev–Trinajstić information content (AvgIpc) is 2.92. The van der Waals surface area contributed by atoms with Crippen LogP contribution in [0.1, 0.15) is 32.4 Å². The molecule has 5 heteroatoms. The minimum absolute atomic E-state index is 0.164. The lowest BCUT2D eigenvalue weighted by atomic mass is 9.80. The molecule has 1 aromatic heterocycles. The summed E-state index contributed by atoms with van der Waals surface area (Å²) in [6, 6.07) is 6.30. The number of fused-ring (bicyclic) bond motifs is 1. The SMILES string of the molecule is CNC(c1ccc2[nH]c(=O)[nH]c2c1)C1C(C)OC(C)C1C. The number of aromatic nitrogens is 2. The molecule has 5 atom stereocenters. The number of ether oxygens (including phenoxy) is 1. The van der Waals surface area contributed by atoms with E-state index >= 15 is 0 Å². The van der Waals surface area contributed by atoms with Crippen molar-refractivity contribution in [3.63, 3.8) is 0 Å². The molecule has 5 nitrogen and oxygen atoms in total. The highest BCUT2D eigenvalue weighted by Gasteiger charge is 2.41. The zero-order valence-electron chi connectivity index (χ0n) is 12.9. The molecule has 3 rings (SSSR count). The highest BCUT2D eigenvalue weighted by Crippen LogP contribution is 2.40. The smallest absolute Gasteiger partial charge is 0.323 e. The normalized spacial score (nSPS) is 30.9. The number of H-pyrrole nitrogens is 2. The minimum atomic E-state index is -0.164. The monoisotopic (exact) mass is 289 g/mol. The first kappa shape index (κ1) is 14.4. The Kier molecular flexibility index (Phi) is 3.63. The largest absolute Gasteiger partial charge is 0.375 e. The molecular weight excluding hydrogens is 266 g/mol. The number of nitrogens with one attached hydrogen (secondary N) is 3. The molecule has 0 aliphatic carbocycles. The van der Waals surface area contributed by atoms with Gasteiger partial charge < -0.3 is 20.0 Å². The molecule has 0 radical (unpaired) electrons. The van der Waals surface area contributed by atoms with E-state index in [4.69, 9.17) is 4.74 Å². The fourth-order valence-electron chi connectivity index (χ4n) is 3.69. The van der Waals surface area contributed by atoms with Crippen LogP contribution in [-0.2, 0) is 4.74 Å². The molecule has 0 amide bonds. The molecule has 2 heterocycles. The summed E-state index contributed by atoms with van der Waals surface area (Å²) in [5, 5.41) is 3.43. The first-order valence-electron chi connectivity index (χ1n) is 7.56. The van der Waals surface area contributed by atoms with Crippen molar-refractivity contribution in [1.82, 2.24) is 15.3 Å². The van der Waals surface area contributed by atoms with E-state index in [0.29, 0.717) is 11.8 Å². The minimum Gasteiger partial charge on any atom is -0.375 e. The third kappa shape index (κ3) is 2.40. The molecule has 1 saturated heterocycles. The van der Waals surface area contributed by atoms with Gasteiger partial charge in [0.2, 0.25) is 0 Å². The molecule has 1 fully saturated rings. The maximum absolute atomic E-state index is 11.4. The van der Waals surface area contributed by atoms with Gasteiger partial charge in [0.05, 0.1) is 23.2 Å². The second-order valence-corrected chi connectivity index (χ2v) is 6.13. The van der Waals surface area contributed by atoms with Gasteiger partial charge in [-0.3, -0.25) is 0 Å². The van der Waals surface area contributed by atoms with E-state index in [9.17, 15) is 4.79 Å². The van der Waals surface area contributed by atoms with Crippen LogP contribution in [0.5, 0.6) is 0 Å². The molecule has 2 aromatic rings. The summed E-state index contributed by atoms with van der Waals surface area (Å²) in [5.74, 6) is 0.895. The average molecular weight is 289 g/mol. The summed E-state index contributed by atoms with van der Waals surface area (Å²) < 4.78 is 5.98. The summed E-state index contributed by atoms with van der Waals surface area (Å²) in [5.41, 5.74) is 2.71. The molecule has 1 aliphatic heterocycles. The Morgan fingerprint density at radius 1 is 1.14 bits per heavy atom. The van der Waals surface area contributed by atoms with Crippen LogP contribution in [0.2, 0.25) is 0 Å². The highest BCUT2D eigenvalue weighted by molar-refractivity contribution is 5.75. The fourth-order valence-corrected chi connectivity index (χ4v) is 3.69. The van der Waals surface area contributed by atoms with Crippen molar-refractivity contribution in [2.24, 2.45) is 11.8 Å². The Balaban J connectivity index is 1.99. The van der Waals surface area contributed by atoms with Crippen LogP contribution in [0.3, 0.4) is 0 Å². The number of rotatable bonds is 3. The quantitative estimate of drug-likeness (QED) is 0.811. The molecule has 3 N–H and O–H groups in total. The third-order valence-corrected chi connectivity index (χ3v) is 4.91. The second kappa shape index (κ2) is 5.31. The van der Waals surface area contributed by atoms with E-state index in [1.807, 2.05) is 13.1 Å². The molecular formula is C16H23N3O2. The van der Waals surface area contributed by atoms with E-state index in [0.717, 1.165) is 11.0 Å². The maximum atomic E-state index is 11.4. The third-order valence-electron chi connectivity index (χ3n) is 4.91. The lowest BCUT2D eigenvalue weighted by Gasteiger charge is -2.29. The van der Waals surface area contributed by atoms with Gasteiger partial charge in [0, 0.05) is 12.0 Å². The molecule has 1 aliphatic rings. The number of hydrogen-bond acceptors (Lipinski definition) is 3. The molecule has 1 aromatic carbocycles. The molecule has 5 unspecified atom stereocenters. The van der Waals surface area contributed by atoms with Crippen LogP contribution in [0.25, 0.3) is 11.0 Å².